The normalized spacial score (nSPS) is 12.5. The first kappa shape index (κ1) is 17.8. The highest BCUT2D eigenvalue weighted by Gasteiger charge is 2.30. The molecule has 0 radical (unpaired) electrons. The second kappa shape index (κ2) is 7.57. The molecule has 0 spiro atoms. The van der Waals surface area contributed by atoms with Crippen LogP contribution >= 0.6 is 15.9 Å². The average molecular weight is 422 g/mol. The van der Waals surface area contributed by atoms with Gasteiger partial charge in [0.2, 0.25) is 0 Å². The summed E-state index contributed by atoms with van der Waals surface area (Å²) in [5.74, 6) is 0.0651. The van der Waals surface area contributed by atoms with E-state index in [4.69, 9.17) is 0 Å². The topological polar surface area (TPSA) is 40.5 Å². The maximum absolute atomic E-state index is 12.0. The number of halogens is 1. The van der Waals surface area contributed by atoms with Gasteiger partial charge in [-0.25, -0.2) is 4.79 Å². The number of hydrogen-bond donors (Lipinski definition) is 1. The molecule has 1 amide bonds. The number of amides is 1. The third kappa shape index (κ3) is 3.50. The van der Waals surface area contributed by atoms with Crippen LogP contribution < -0.4 is 0 Å². The zero-order valence-corrected chi connectivity index (χ0v) is 16.4. The molecule has 3 aromatic carbocycles. The molecule has 0 unspecified atom stereocenters. The van der Waals surface area contributed by atoms with Gasteiger partial charge in [0.25, 0.3) is 0 Å². The van der Waals surface area contributed by atoms with E-state index in [2.05, 4.69) is 40.2 Å². The Bertz CT molecular complexity index is 923. The van der Waals surface area contributed by atoms with Crippen LogP contribution in [0.4, 0.5) is 4.79 Å². The SMILES string of the molecule is O=C(O)N(Cc1ccc(CBr)cc1)CC1c2ccccc2-c2ccccc21. The lowest BCUT2D eigenvalue weighted by molar-refractivity contribution is 0.141. The molecule has 0 aliphatic heterocycles. The summed E-state index contributed by atoms with van der Waals surface area (Å²) in [6, 6.07) is 24.7. The quantitative estimate of drug-likeness (QED) is 0.522. The molecule has 0 saturated heterocycles. The molecular formula is C23H20BrNO2. The second-order valence-corrected chi connectivity index (χ2v) is 7.40. The van der Waals surface area contributed by atoms with Gasteiger partial charge in [0, 0.05) is 24.3 Å². The van der Waals surface area contributed by atoms with E-state index in [-0.39, 0.29) is 5.92 Å². The smallest absolute Gasteiger partial charge is 0.407 e. The molecule has 1 aliphatic carbocycles. The molecule has 0 atom stereocenters. The van der Waals surface area contributed by atoms with Gasteiger partial charge < -0.3 is 10.0 Å². The van der Waals surface area contributed by atoms with Crippen LogP contribution in [-0.2, 0) is 11.9 Å². The van der Waals surface area contributed by atoms with Gasteiger partial charge in [-0.3, -0.25) is 0 Å². The molecule has 27 heavy (non-hydrogen) atoms. The van der Waals surface area contributed by atoms with Gasteiger partial charge in [0.05, 0.1) is 0 Å². The van der Waals surface area contributed by atoms with Crippen LogP contribution in [0.25, 0.3) is 11.1 Å². The van der Waals surface area contributed by atoms with E-state index in [1.165, 1.54) is 32.7 Å². The summed E-state index contributed by atoms with van der Waals surface area (Å²) in [7, 11) is 0. The van der Waals surface area contributed by atoms with E-state index in [0.717, 1.165) is 10.9 Å². The number of alkyl halides is 1. The standard InChI is InChI=1S/C23H20BrNO2/c24-13-16-9-11-17(12-10-16)14-25(23(26)27)15-22-20-7-3-1-5-18(20)19-6-2-4-8-21(19)22/h1-12,22H,13-15H2,(H,26,27). The Morgan fingerprint density at radius 3 is 1.89 bits per heavy atom. The molecule has 0 bridgehead atoms. The summed E-state index contributed by atoms with van der Waals surface area (Å²) in [4.78, 5) is 13.5. The summed E-state index contributed by atoms with van der Waals surface area (Å²) >= 11 is 3.44. The molecular weight excluding hydrogens is 402 g/mol. The fraction of sp³-hybridized carbons (Fsp3) is 0.174. The second-order valence-electron chi connectivity index (χ2n) is 6.84. The van der Waals surface area contributed by atoms with Crippen LogP contribution in [0.3, 0.4) is 0 Å². The van der Waals surface area contributed by atoms with Crippen molar-refractivity contribution in [1.29, 1.82) is 0 Å². The summed E-state index contributed by atoms with van der Waals surface area (Å²) in [6.07, 6.45) is -0.888. The van der Waals surface area contributed by atoms with Gasteiger partial charge in [-0.05, 0) is 33.4 Å². The molecule has 0 aromatic heterocycles. The number of rotatable bonds is 5. The molecule has 3 nitrogen and oxygen atoms in total. The Kier molecular flexibility index (Phi) is 4.99. The molecule has 1 N–H and O–H groups in total. The zero-order chi connectivity index (χ0) is 18.8. The van der Waals surface area contributed by atoms with Gasteiger partial charge in [0.15, 0.2) is 0 Å². The maximum Gasteiger partial charge on any atom is 0.407 e. The van der Waals surface area contributed by atoms with Crippen LogP contribution in [0.1, 0.15) is 28.2 Å². The Morgan fingerprint density at radius 1 is 0.852 bits per heavy atom. The van der Waals surface area contributed by atoms with E-state index in [1.807, 2.05) is 48.5 Å². The van der Waals surface area contributed by atoms with E-state index >= 15 is 0 Å². The van der Waals surface area contributed by atoms with E-state index < -0.39 is 6.09 Å². The van der Waals surface area contributed by atoms with Gasteiger partial charge >= 0.3 is 6.09 Å². The van der Waals surface area contributed by atoms with Crippen LogP contribution in [0.2, 0.25) is 0 Å². The number of hydrogen-bond acceptors (Lipinski definition) is 1. The molecule has 0 heterocycles. The highest BCUT2D eigenvalue weighted by Crippen LogP contribution is 2.44. The van der Waals surface area contributed by atoms with E-state index in [0.29, 0.717) is 13.1 Å². The Balaban J connectivity index is 1.63. The first-order valence-corrected chi connectivity index (χ1v) is 10.1. The lowest BCUT2D eigenvalue weighted by Gasteiger charge is -2.24. The average Bonchev–Trinajstić information content (AvgIpc) is 3.02. The number of nitrogens with zero attached hydrogens (tertiary/aromatic N) is 1. The molecule has 0 saturated carbocycles. The number of fused-ring (bicyclic) bond motifs is 3. The predicted molar refractivity (Wildman–Crippen MR) is 111 cm³/mol. The monoisotopic (exact) mass is 421 g/mol. The van der Waals surface area contributed by atoms with Crippen molar-refractivity contribution in [1.82, 2.24) is 4.90 Å². The molecule has 3 aromatic rings. The Morgan fingerprint density at radius 2 is 1.37 bits per heavy atom. The van der Waals surface area contributed by atoms with Crippen molar-refractivity contribution in [2.24, 2.45) is 0 Å². The van der Waals surface area contributed by atoms with Gasteiger partial charge in [-0.1, -0.05) is 88.7 Å². The lowest BCUT2D eigenvalue weighted by Crippen LogP contribution is -2.33. The minimum atomic E-state index is -0.888. The fourth-order valence-electron chi connectivity index (χ4n) is 3.84. The van der Waals surface area contributed by atoms with Crippen molar-refractivity contribution >= 4 is 22.0 Å². The number of carbonyl (C=O) groups is 1. The third-order valence-electron chi connectivity index (χ3n) is 5.19. The first-order valence-electron chi connectivity index (χ1n) is 8.97. The van der Waals surface area contributed by atoms with E-state index in [9.17, 15) is 9.90 Å². The largest absolute Gasteiger partial charge is 0.465 e. The van der Waals surface area contributed by atoms with Crippen molar-refractivity contribution in [2.75, 3.05) is 6.54 Å². The first-order chi connectivity index (χ1) is 13.2. The predicted octanol–water partition coefficient (Wildman–Crippen LogP) is 5.87. The van der Waals surface area contributed by atoms with Crippen molar-refractivity contribution in [3.8, 4) is 11.1 Å². The summed E-state index contributed by atoms with van der Waals surface area (Å²) in [6.45, 7) is 0.836. The summed E-state index contributed by atoms with van der Waals surface area (Å²) in [5, 5.41) is 10.6. The minimum Gasteiger partial charge on any atom is -0.465 e. The molecule has 1 aliphatic rings. The third-order valence-corrected chi connectivity index (χ3v) is 5.83. The number of carboxylic acid groups (broad SMARTS) is 1. The van der Waals surface area contributed by atoms with Gasteiger partial charge in [0.1, 0.15) is 0 Å². The van der Waals surface area contributed by atoms with Gasteiger partial charge in [-0.15, -0.1) is 0 Å². The van der Waals surface area contributed by atoms with Crippen LogP contribution in [0, 0.1) is 0 Å². The van der Waals surface area contributed by atoms with Crippen molar-refractivity contribution in [3.05, 3.63) is 95.1 Å². The lowest BCUT2D eigenvalue weighted by atomic mass is 9.96. The summed E-state index contributed by atoms with van der Waals surface area (Å²) in [5.41, 5.74) is 7.02. The van der Waals surface area contributed by atoms with Gasteiger partial charge in [-0.2, -0.15) is 0 Å². The highest BCUT2D eigenvalue weighted by molar-refractivity contribution is 9.08. The van der Waals surface area contributed by atoms with E-state index in [1.54, 1.807) is 0 Å². The molecule has 0 fully saturated rings. The van der Waals surface area contributed by atoms with Crippen LogP contribution in [0.15, 0.2) is 72.8 Å². The molecule has 136 valence electrons. The highest BCUT2D eigenvalue weighted by atomic mass is 79.9. The zero-order valence-electron chi connectivity index (χ0n) is 14.8. The number of benzene rings is 3. The Labute approximate surface area is 167 Å². The Hall–Kier alpha value is -2.59. The van der Waals surface area contributed by atoms with Crippen LogP contribution in [-0.4, -0.2) is 22.6 Å². The van der Waals surface area contributed by atoms with Crippen molar-refractivity contribution in [2.45, 2.75) is 17.8 Å². The molecule has 4 rings (SSSR count). The van der Waals surface area contributed by atoms with Crippen molar-refractivity contribution < 1.29 is 9.90 Å². The maximum atomic E-state index is 12.0. The summed E-state index contributed by atoms with van der Waals surface area (Å²) < 4.78 is 0. The van der Waals surface area contributed by atoms with Crippen molar-refractivity contribution in [3.63, 3.8) is 0 Å². The fourth-order valence-corrected chi connectivity index (χ4v) is 4.22. The minimum absolute atomic E-state index is 0.0651. The van der Waals surface area contributed by atoms with Crippen LogP contribution in [0.5, 0.6) is 0 Å². The molecule has 4 heteroatoms.